The summed E-state index contributed by atoms with van der Waals surface area (Å²) in [4.78, 5) is 0. The zero-order valence-corrected chi connectivity index (χ0v) is 10.9. The van der Waals surface area contributed by atoms with Crippen LogP contribution >= 0.6 is 0 Å². The molecule has 0 saturated carbocycles. The molecule has 0 unspecified atom stereocenters. The fraction of sp³-hybridized carbons (Fsp3) is 0.333. The van der Waals surface area contributed by atoms with Gasteiger partial charge in [0.2, 0.25) is 0 Å². The SMILES string of the molecule is CCn1ccc[c]1[Ru][c]1cccn1CC. The minimum atomic E-state index is 0.166. The van der Waals surface area contributed by atoms with Gasteiger partial charge in [-0.25, -0.2) is 0 Å². The molecular weight excluding hydrogens is 273 g/mol. The zero-order valence-electron chi connectivity index (χ0n) is 9.13. The standard InChI is InChI=1S/2C6H8N.Ru/c2*1-2-7-5-3-4-6-7;/h2*3-5H,2H2,1H3;. The summed E-state index contributed by atoms with van der Waals surface area (Å²) in [5.74, 6) is 0. The molecule has 0 aliphatic rings. The zero-order chi connectivity index (χ0) is 10.7. The van der Waals surface area contributed by atoms with Crippen LogP contribution in [-0.2, 0) is 30.2 Å². The van der Waals surface area contributed by atoms with Gasteiger partial charge in [-0.3, -0.25) is 0 Å². The summed E-state index contributed by atoms with van der Waals surface area (Å²) in [5.41, 5.74) is 0. The Morgan fingerprint density at radius 1 is 0.933 bits per heavy atom. The molecule has 0 aliphatic heterocycles. The van der Waals surface area contributed by atoms with Gasteiger partial charge >= 0.3 is 98.4 Å². The molecule has 0 aliphatic carbocycles. The normalized spacial score (nSPS) is 11.1. The fourth-order valence-electron chi connectivity index (χ4n) is 1.54. The Bertz CT molecular complexity index is 388. The van der Waals surface area contributed by atoms with Crippen LogP contribution in [0.4, 0.5) is 0 Å². The van der Waals surface area contributed by atoms with E-state index in [-0.39, 0.29) is 17.1 Å². The number of rotatable bonds is 4. The quantitative estimate of drug-likeness (QED) is 0.752. The molecule has 0 N–H and O–H groups in total. The van der Waals surface area contributed by atoms with E-state index >= 15 is 0 Å². The van der Waals surface area contributed by atoms with E-state index in [1.54, 1.807) is 0 Å². The van der Waals surface area contributed by atoms with Crippen LogP contribution in [0.3, 0.4) is 0 Å². The molecule has 0 spiro atoms. The van der Waals surface area contributed by atoms with Gasteiger partial charge in [0.1, 0.15) is 0 Å². The van der Waals surface area contributed by atoms with Crippen LogP contribution in [-0.4, -0.2) is 9.13 Å². The molecule has 2 aromatic heterocycles. The van der Waals surface area contributed by atoms with E-state index in [0.29, 0.717) is 0 Å². The first kappa shape index (κ1) is 10.7. The van der Waals surface area contributed by atoms with Crippen LogP contribution < -0.4 is 8.58 Å². The van der Waals surface area contributed by atoms with Crippen LogP contribution in [0.1, 0.15) is 13.8 Å². The second-order valence-corrected chi connectivity index (χ2v) is 5.51. The van der Waals surface area contributed by atoms with E-state index in [9.17, 15) is 0 Å². The molecule has 3 heteroatoms. The van der Waals surface area contributed by atoms with Gasteiger partial charge in [0.15, 0.2) is 0 Å². The number of hydrogen-bond acceptors (Lipinski definition) is 0. The molecule has 2 heterocycles. The van der Waals surface area contributed by atoms with Gasteiger partial charge < -0.3 is 0 Å². The molecule has 2 rings (SSSR count). The molecule has 0 aromatic carbocycles. The van der Waals surface area contributed by atoms with Crippen molar-refractivity contribution in [1.29, 1.82) is 0 Å². The molecular formula is C12H16N2Ru. The predicted octanol–water partition coefficient (Wildman–Crippen LogP) is 1.36. The second kappa shape index (κ2) is 4.80. The summed E-state index contributed by atoms with van der Waals surface area (Å²) < 4.78 is 7.65. The van der Waals surface area contributed by atoms with Crippen LogP contribution in [0.15, 0.2) is 36.7 Å². The second-order valence-electron chi connectivity index (χ2n) is 3.30. The van der Waals surface area contributed by atoms with Gasteiger partial charge in [0, 0.05) is 0 Å². The first-order valence-corrected chi connectivity index (χ1v) is 7.01. The average Bonchev–Trinajstić information content (AvgIpc) is 2.87. The van der Waals surface area contributed by atoms with E-state index in [1.165, 1.54) is 8.58 Å². The van der Waals surface area contributed by atoms with Crippen molar-refractivity contribution in [3.63, 3.8) is 0 Å². The number of nitrogens with zero attached hydrogens (tertiary/aromatic N) is 2. The summed E-state index contributed by atoms with van der Waals surface area (Å²) in [6.07, 6.45) is 4.34. The average molecular weight is 289 g/mol. The van der Waals surface area contributed by atoms with E-state index in [2.05, 4.69) is 59.6 Å². The third kappa shape index (κ3) is 2.23. The Morgan fingerprint density at radius 2 is 1.40 bits per heavy atom. The molecule has 0 bridgehead atoms. The van der Waals surface area contributed by atoms with Crippen molar-refractivity contribution in [3.8, 4) is 0 Å². The molecule has 0 amide bonds. The first-order chi connectivity index (χ1) is 7.35. The van der Waals surface area contributed by atoms with Gasteiger partial charge in [-0.2, -0.15) is 0 Å². The van der Waals surface area contributed by atoms with Crippen molar-refractivity contribution in [3.05, 3.63) is 36.7 Å². The first-order valence-electron chi connectivity index (χ1n) is 5.27. The van der Waals surface area contributed by atoms with Crippen LogP contribution in [0, 0.1) is 0 Å². The maximum atomic E-state index is 2.34. The molecule has 0 fully saturated rings. The van der Waals surface area contributed by atoms with E-state index in [1.807, 2.05) is 0 Å². The van der Waals surface area contributed by atoms with Crippen molar-refractivity contribution < 1.29 is 17.1 Å². The summed E-state index contributed by atoms with van der Waals surface area (Å²) in [5, 5.41) is 0. The molecule has 2 nitrogen and oxygen atoms in total. The van der Waals surface area contributed by atoms with Crippen LogP contribution in [0.2, 0.25) is 0 Å². The Labute approximate surface area is 98.5 Å². The topological polar surface area (TPSA) is 9.86 Å². The van der Waals surface area contributed by atoms with Gasteiger partial charge in [0.25, 0.3) is 0 Å². The molecule has 2 aromatic rings. The molecule has 0 saturated heterocycles. The molecule has 0 atom stereocenters. The molecule has 82 valence electrons. The Hall–Kier alpha value is -0.817. The number of aromatic nitrogens is 2. The predicted molar refractivity (Wildman–Crippen MR) is 59.5 cm³/mol. The van der Waals surface area contributed by atoms with Gasteiger partial charge in [-0.1, -0.05) is 0 Å². The van der Waals surface area contributed by atoms with E-state index in [0.717, 1.165) is 13.1 Å². The van der Waals surface area contributed by atoms with Crippen molar-refractivity contribution >= 4 is 8.58 Å². The Kier molecular flexibility index (Phi) is 3.42. The fourth-order valence-corrected chi connectivity index (χ4v) is 3.92. The molecule has 15 heavy (non-hydrogen) atoms. The molecule has 0 radical (unpaired) electrons. The summed E-state index contributed by atoms with van der Waals surface area (Å²) >= 11 is 0.166. The summed E-state index contributed by atoms with van der Waals surface area (Å²) in [6, 6.07) is 8.78. The van der Waals surface area contributed by atoms with Crippen molar-refractivity contribution in [2.75, 3.05) is 0 Å². The van der Waals surface area contributed by atoms with Crippen molar-refractivity contribution in [1.82, 2.24) is 9.13 Å². The van der Waals surface area contributed by atoms with Gasteiger partial charge in [-0.05, 0) is 0 Å². The Balaban J connectivity index is 2.21. The van der Waals surface area contributed by atoms with Gasteiger partial charge in [0.05, 0.1) is 0 Å². The van der Waals surface area contributed by atoms with Crippen LogP contribution in [0.25, 0.3) is 0 Å². The minimum absolute atomic E-state index is 0.166. The Morgan fingerprint density at radius 3 is 1.80 bits per heavy atom. The third-order valence-electron chi connectivity index (χ3n) is 2.39. The summed E-state index contributed by atoms with van der Waals surface area (Å²) in [7, 11) is 0. The summed E-state index contributed by atoms with van der Waals surface area (Å²) in [6.45, 7) is 6.54. The third-order valence-corrected chi connectivity index (χ3v) is 4.86. The van der Waals surface area contributed by atoms with E-state index in [4.69, 9.17) is 0 Å². The number of hydrogen-bond donors (Lipinski definition) is 0. The van der Waals surface area contributed by atoms with Gasteiger partial charge in [-0.15, -0.1) is 0 Å². The maximum absolute atomic E-state index is 2.34. The number of aryl methyl sites for hydroxylation is 2. The van der Waals surface area contributed by atoms with Crippen LogP contribution in [0.5, 0.6) is 0 Å². The van der Waals surface area contributed by atoms with Crippen molar-refractivity contribution in [2.45, 2.75) is 26.9 Å². The monoisotopic (exact) mass is 290 g/mol. The van der Waals surface area contributed by atoms with E-state index < -0.39 is 0 Å². The van der Waals surface area contributed by atoms with Crippen molar-refractivity contribution in [2.24, 2.45) is 0 Å².